The van der Waals surface area contributed by atoms with Gasteiger partial charge in [-0.3, -0.25) is 0 Å². The summed E-state index contributed by atoms with van der Waals surface area (Å²) in [6, 6.07) is 2.96. The molecule has 0 fully saturated rings. The highest BCUT2D eigenvalue weighted by molar-refractivity contribution is 6.32. The van der Waals surface area contributed by atoms with E-state index in [2.05, 4.69) is 19.9 Å². The molecule has 2 N–H and O–H groups in total. The first-order valence-corrected chi connectivity index (χ1v) is 8.16. The fourth-order valence-corrected chi connectivity index (χ4v) is 2.22. The summed E-state index contributed by atoms with van der Waals surface area (Å²) in [4.78, 5) is 15.0. The third kappa shape index (κ3) is 7.01. The van der Waals surface area contributed by atoms with Crippen molar-refractivity contribution in [3.63, 3.8) is 0 Å². The Kier molecular flexibility index (Phi) is 7.16. The van der Waals surface area contributed by atoms with E-state index in [0.717, 1.165) is 0 Å². The van der Waals surface area contributed by atoms with Crippen molar-refractivity contribution >= 4 is 46.4 Å². The van der Waals surface area contributed by atoms with Gasteiger partial charge in [0.15, 0.2) is 0 Å². The molecule has 0 amide bonds. The third-order valence-electron chi connectivity index (χ3n) is 2.59. The molecule has 2 heterocycles. The summed E-state index contributed by atoms with van der Waals surface area (Å²) in [7, 11) is 0. The molecule has 0 aliphatic carbocycles. The van der Waals surface area contributed by atoms with Crippen LogP contribution in [0.2, 0.25) is 20.9 Å². The van der Waals surface area contributed by atoms with Crippen LogP contribution in [0.1, 0.15) is 39.1 Å². The van der Waals surface area contributed by atoms with Crippen LogP contribution in [0.3, 0.4) is 0 Å². The molecule has 0 atom stereocenters. The standard InChI is InChI=1S/2C7H8Cl2N2O/c2*1-7(2,12)4-3-5(8)11-6(9)10-4/h2*3,12H,1-2H3. The van der Waals surface area contributed by atoms with Gasteiger partial charge >= 0.3 is 0 Å². The summed E-state index contributed by atoms with van der Waals surface area (Å²) in [5.41, 5.74) is -1.27. The maximum absolute atomic E-state index is 9.53. The van der Waals surface area contributed by atoms with Crippen LogP contribution in [-0.2, 0) is 11.2 Å². The first-order chi connectivity index (χ1) is 10.8. The predicted octanol–water partition coefficient (Wildman–Crippen LogP) is 4.02. The Balaban J connectivity index is 0.000000240. The second kappa shape index (κ2) is 8.08. The molecule has 0 saturated heterocycles. The van der Waals surface area contributed by atoms with Crippen LogP contribution >= 0.6 is 46.4 Å². The van der Waals surface area contributed by atoms with E-state index in [4.69, 9.17) is 46.4 Å². The van der Waals surface area contributed by atoms with Gasteiger partial charge < -0.3 is 10.2 Å². The molecule has 2 aromatic heterocycles. The average Bonchev–Trinajstić information content (AvgIpc) is 2.35. The lowest BCUT2D eigenvalue weighted by molar-refractivity contribution is 0.0732. The van der Waals surface area contributed by atoms with E-state index in [0.29, 0.717) is 11.4 Å². The van der Waals surface area contributed by atoms with Crippen molar-refractivity contribution in [1.82, 2.24) is 19.9 Å². The molecule has 0 aliphatic rings. The number of aliphatic hydroxyl groups is 2. The lowest BCUT2D eigenvalue weighted by atomic mass is 10.1. The Morgan fingerprint density at radius 3 is 1.17 bits per heavy atom. The summed E-state index contributed by atoms with van der Waals surface area (Å²) in [5.74, 6) is 0. The van der Waals surface area contributed by atoms with E-state index in [1.165, 1.54) is 12.1 Å². The average molecular weight is 414 g/mol. The number of nitrogens with zero attached hydrogens (tertiary/aromatic N) is 4. The quantitative estimate of drug-likeness (QED) is 0.570. The van der Waals surface area contributed by atoms with Gasteiger partial charge in [0.05, 0.1) is 11.4 Å². The van der Waals surface area contributed by atoms with E-state index in [1.807, 2.05) is 0 Å². The highest BCUT2D eigenvalue weighted by Gasteiger charge is 2.19. The zero-order valence-electron chi connectivity index (χ0n) is 13.3. The van der Waals surface area contributed by atoms with Crippen LogP contribution in [-0.4, -0.2) is 30.1 Å². The molecular formula is C14H16Cl4N4O2. The van der Waals surface area contributed by atoms with Crippen molar-refractivity contribution in [1.29, 1.82) is 0 Å². The third-order valence-corrected chi connectivity index (χ3v) is 3.31. The monoisotopic (exact) mass is 412 g/mol. The molecule has 0 radical (unpaired) electrons. The van der Waals surface area contributed by atoms with Crippen LogP contribution in [0, 0.1) is 0 Å². The molecule has 132 valence electrons. The Bertz CT molecular complexity index is 613. The molecule has 10 heteroatoms. The topological polar surface area (TPSA) is 92.0 Å². The number of hydrogen-bond acceptors (Lipinski definition) is 6. The Morgan fingerprint density at radius 1 is 0.667 bits per heavy atom. The number of rotatable bonds is 2. The van der Waals surface area contributed by atoms with E-state index in [-0.39, 0.29) is 20.9 Å². The highest BCUT2D eigenvalue weighted by Crippen LogP contribution is 2.22. The lowest BCUT2D eigenvalue weighted by Crippen LogP contribution is -2.17. The van der Waals surface area contributed by atoms with Crippen LogP contribution in [0.25, 0.3) is 0 Å². The second-order valence-electron chi connectivity index (χ2n) is 5.81. The summed E-state index contributed by atoms with van der Waals surface area (Å²) >= 11 is 22.3. The Labute approximate surface area is 159 Å². The molecule has 0 unspecified atom stereocenters. The minimum atomic E-state index is -1.05. The normalized spacial score (nSPS) is 11.8. The second-order valence-corrected chi connectivity index (χ2v) is 7.26. The first kappa shape index (κ1) is 21.3. The van der Waals surface area contributed by atoms with Gasteiger partial charge in [0, 0.05) is 12.1 Å². The fraction of sp³-hybridized carbons (Fsp3) is 0.429. The van der Waals surface area contributed by atoms with Crippen molar-refractivity contribution in [3.8, 4) is 0 Å². The molecule has 0 saturated carbocycles. The minimum absolute atomic E-state index is 0.0413. The molecular weight excluding hydrogens is 398 g/mol. The van der Waals surface area contributed by atoms with E-state index in [1.54, 1.807) is 27.7 Å². The molecule has 0 bridgehead atoms. The molecule has 24 heavy (non-hydrogen) atoms. The van der Waals surface area contributed by atoms with Gasteiger partial charge in [-0.15, -0.1) is 0 Å². The van der Waals surface area contributed by atoms with Gasteiger partial charge in [0.25, 0.3) is 0 Å². The number of aromatic nitrogens is 4. The summed E-state index contributed by atoms with van der Waals surface area (Å²) < 4.78 is 0. The fourth-order valence-electron chi connectivity index (χ4n) is 1.41. The largest absolute Gasteiger partial charge is 0.384 e. The Hall–Kier alpha value is -0.760. The van der Waals surface area contributed by atoms with Gasteiger partial charge in [-0.2, -0.15) is 0 Å². The molecule has 2 rings (SSSR count). The maximum Gasteiger partial charge on any atom is 0.224 e. The number of hydrogen-bond donors (Lipinski definition) is 2. The molecule has 0 aliphatic heterocycles. The van der Waals surface area contributed by atoms with Gasteiger partial charge in [-0.1, -0.05) is 23.2 Å². The van der Waals surface area contributed by atoms with E-state index in [9.17, 15) is 10.2 Å². The van der Waals surface area contributed by atoms with Crippen molar-refractivity contribution in [2.75, 3.05) is 0 Å². The minimum Gasteiger partial charge on any atom is -0.384 e. The van der Waals surface area contributed by atoms with E-state index >= 15 is 0 Å². The van der Waals surface area contributed by atoms with Crippen LogP contribution < -0.4 is 0 Å². The number of halogens is 4. The van der Waals surface area contributed by atoms with Gasteiger partial charge in [-0.25, -0.2) is 19.9 Å². The molecule has 6 nitrogen and oxygen atoms in total. The predicted molar refractivity (Wildman–Crippen MR) is 94.6 cm³/mol. The van der Waals surface area contributed by atoms with Crippen LogP contribution in [0.4, 0.5) is 0 Å². The Morgan fingerprint density at radius 2 is 0.958 bits per heavy atom. The van der Waals surface area contributed by atoms with Gasteiger partial charge in [-0.05, 0) is 50.9 Å². The lowest BCUT2D eigenvalue weighted by Gasteiger charge is -2.15. The molecule has 2 aromatic rings. The van der Waals surface area contributed by atoms with E-state index < -0.39 is 11.2 Å². The zero-order valence-corrected chi connectivity index (χ0v) is 16.4. The zero-order chi connectivity index (χ0) is 18.7. The maximum atomic E-state index is 9.53. The van der Waals surface area contributed by atoms with Crippen molar-refractivity contribution in [2.45, 2.75) is 38.9 Å². The summed E-state index contributed by atoms with van der Waals surface area (Å²) in [6.45, 7) is 6.40. The van der Waals surface area contributed by atoms with Gasteiger partial charge in [0.1, 0.15) is 21.5 Å². The van der Waals surface area contributed by atoms with Gasteiger partial charge in [0.2, 0.25) is 10.6 Å². The van der Waals surface area contributed by atoms with Crippen molar-refractivity contribution < 1.29 is 10.2 Å². The smallest absolute Gasteiger partial charge is 0.224 e. The molecule has 0 spiro atoms. The SMILES string of the molecule is CC(C)(O)c1cc(Cl)nc(Cl)n1.CC(C)(O)c1cc(Cl)nc(Cl)n1. The molecule has 0 aromatic carbocycles. The highest BCUT2D eigenvalue weighted by atomic mass is 35.5. The first-order valence-electron chi connectivity index (χ1n) is 6.65. The van der Waals surface area contributed by atoms with Crippen LogP contribution in [0.5, 0.6) is 0 Å². The van der Waals surface area contributed by atoms with Crippen molar-refractivity contribution in [3.05, 3.63) is 44.4 Å². The van der Waals surface area contributed by atoms with Crippen molar-refractivity contribution in [2.24, 2.45) is 0 Å². The van der Waals surface area contributed by atoms with Crippen LogP contribution in [0.15, 0.2) is 12.1 Å². The summed E-state index contributed by atoms with van der Waals surface area (Å²) in [5, 5.41) is 19.6. The summed E-state index contributed by atoms with van der Waals surface area (Å²) in [6.07, 6.45) is 0.